The van der Waals surface area contributed by atoms with E-state index in [1.807, 2.05) is 13.0 Å². The summed E-state index contributed by atoms with van der Waals surface area (Å²) in [6.07, 6.45) is 3.07. The molecule has 0 aliphatic carbocycles. The van der Waals surface area contributed by atoms with Gasteiger partial charge in [-0.3, -0.25) is 0 Å². The molecule has 21 heavy (non-hydrogen) atoms. The predicted octanol–water partition coefficient (Wildman–Crippen LogP) is 3.37. The molecule has 0 saturated carbocycles. The Morgan fingerprint density at radius 3 is 2.57 bits per heavy atom. The molecule has 0 spiro atoms. The normalized spacial score (nSPS) is 12.5. The van der Waals surface area contributed by atoms with Crippen molar-refractivity contribution in [1.29, 1.82) is 0 Å². The molecule has 1 rings (SSSR count). The van der Waals surface area contributed by atoms with Crippen molar-refractivity contribution in [3.05, 3.63) is 15.8 Å². The summed E-state index contributed by atoms with van der Waals surface area (Å²) in [4.78, 5) is 2.41. The second-order valence-corrected chi connectivity index (χ2v) is 9.06. The van der Waals surface area contributed by atoms with E-state index >= 15 is 0 Å². The van der Waals surface area contributed by atoms with Crippen LogP contribution in [0.25, 0.3) is 0 Å². The summed E-state index contributed by atoms with van der Waals surface area (Å²) in [6.45, 7) is 9.48. The zero-order chi connectivity index (χ0) is 16.0. The van der Waals surface area contributed by atoms with Crippen LogP contribution >= 0.6 is 11.3 Å². The Hall–Kier alpha value is -0.430. The lowest BCUT2D eigenvalue weighted by Gasteiger charge is -2.16. The Morgan fingerprint density at radius 1 is 1.33 bits per heavy atom. The first-order valence-corrected chi connectivity index (χ1v) is 9.83. The van der Waals surface area contributed by atoms with Crippen LogP contribution in [0.15, 0.2) is 11.0 Å². The van der Waals surface area contributed by atoms with Crippen molar-refractivity contribution in [2.75, 3.05) is 13.6 Å². The molecule has 1 heterocycles. The number of hydrogen-bond donors (Lipinski definition) is 1. The highest BCUT2D eigenvalue weighted by Crippen LogP contribution is 2.28. The standard InChI is InChI=1S/C15H28N2O2S2/c1-6-7-8-9-17(5)21(18,19)15-10-14(20-13(15)4)11-16-12(2)3/h10,12,16H,6-9,11H2,1-5H3. The second kappa shape index (κ2) is 8.27. The number of sulfonamides is 1. The topological polar surface area (TPSA) is 49.4 Å². The lowest BCUT2D eigenvalue weighted by molar-refractivity contribution is 0.454. The maximum absolute atomic E-state index is 12.6. The Labute approximate surface area is 133 Å². The Balaban J connectivity index is 2.82. The van der Waals surface area contributed by atoms with Gasteiger partial charge in [0.05, 0.1) is 4.90 Å². The van der Waals surface area contributed by atoms with Crippen molar-refractivity contribution >= 4 is 21.4 Å². The molecule has 0 bridgehead atoms. The third-order valence-electron chi connectivity index (χ3n) is 3.37. The molecule has 0 fully saturated rings. The summed E-state index contributed by atoms with van der Waals surface area (Å²) in [5.74, 6) is 0. The van der Waals surface area contributed by atoms with E-state index in [1.54, 1.807) is 18.4 Å². The van der Waals surface area contributed by atoms with Crippen molar-refractivity contribution in [2.45, 2.75) is 64.4 Å². The molecule has 0 radical (unpaired) electrons. The van der Waals surface area contributed by atoms with E-state index in [2.05, 4.69) is 26.1 Å². The lowest BCUT2D eigenvalue weighted by Crippen LogP contribution is -2.28. The molecule has 0 aliphatic heterocycles. The zero-order valence-corrected chi connectivity index (χ0v) is 15.4. The summed E-state index contributed by atoms with van der Waals surface area (Å²) in [5.41, 5.74) is 0. The molecular formula is C15H28N2O2S2. The molecule has 0 atom stereocenters. The fraction of sp³-hybridized carbons (Fsp3) is 0.733. The number of thiophene rings is 1. The van der Waals surface area contributed by atoms with Crippen LogP contribution in [-0.4, -0.2) is 32.4 Å². The molecule has 4 nitrogen and oxygen atoms in total. The first-order valence-electron chi connectivity index (χ1n) is 7.58. The number of nitrogens with zero attached hydrogens (tertiary/aromatic N) is 1. The summed E-state index contributed by atoms with van der Waals surface area (Å²) >= 11 is 1.56. The smallest absolute Gasteiger partial charge is 0.243 e. The quantitative estimate of drug-likeness (QED) is 0.705. The average molecular weight is 333 g/mol. The largest absolute Gasteiger partial charge is 0.310 e. The molecule has 0 unspecified atom stereocenters. The first-order chi connectivity index (χ1) is 9.78. The van der Waals surface area contributed by atoms with Gasteiger partial charge in [0.25, 0.3) is 0 Å². The maximum atomic E-state index is 12.6. The average Bonchev–Trinajstić information content (AvgIpc) is 2.78. The highest BCUT2D eigenvalue weighted by molar-refractivity contribution is 7.89. The number of unbranched alkanes of at least 4 members (excludes halogenated alkanes) is 2. The van der Waals surface area contributed by atoms with Crippen molar-refractivity contribution in [1.82, 2.24) is 9.62 Å². The van der Waals surface area contributed by atoms with Gasteiger partial charge in [-0.15, -0.1) is 11.3 Å². The van der Waals surface area contributed by atoms with E-state index in [0.29, 0.717) is 17.5 Å². The monoisotopic (exact) mass is 332 g/mol. The molecule has 122 valence electrons. The Bertz CT molecular complexity index is 536. The highest BCUT2D eigenvalue weighted by Gasteiger charge is 2.24. The lowest BCUT2D eigenvalue weighted by atomic mass is 10.2. The van der Waals surface area contributed by atoms with Crippen LogP contribution in [0.5, 0.6) is 0 Å². The molecule has 6 heteroatoms. The van der Waals surface area contributed by atoms with Gasteiger partial charge < -0.3 is 5.32 Å². The van der Waals surface area contributed by atoms with Crippen LogP contribution in [0.2, 0.25) is 0 Å². The summed E-state index contributed by atoms with van der Waals surface area (Å²) in [7, 11) is -1.68. The van der Waals surface area contributed by atoms with Gasteiger partial charge in [-0.05, 0) is 19.4 Å². The van der Waals surface area contributed by atoms with Gasteiger partial charge in [0.15, 0.2) is 0 Å². The van der Waals surface area contributed by atoms with Crippen molar-refractivity contribution in [3.8, 4) is 0 Å². The van der Waals surface area contributed by atoms with Gasteiger partial charge in [0.1, 0.15) is 0 Å². The number of hydrogen-bond acceptors (Lipinski definition) is 4. The molecular weight excluding hydrogens is 304 g/mol. The molecule has 0 saturated heterocycles. The molecule has 0 aliphatic rings. The van der Waals surface area contributed by atoms with E-state index in [-0.39, 0.29) is 0 Å². The van der Waals surface area contributed by atoms with Gasteiger partial charge in [-0.25, -0.2) is 12.7 Å². The fourth-order valence-corrected chi connectivity index (χ4v) is 4.81. The zero-order valence-electron chi connectivity index (χ0n) is 13.8. The van der Waals surface area contributed by atoms with Gasteiger partial charge in [-0.1, -0.05) is 33.6 Å². The second-order valence-electron chi connectivity index (χ2n) is 5.70. The van der Waals surface area contributed by atoms with Crippen molar-refractivity contribution in [2.24, 2.45) is 0 Å². The summed E-state index contributed by atoms with van der Waals surface area (Å²) in [6, 6.07) is 2.21. The van der Waals surface area contributed by atoms with Gasteiger partial charge in [0, 0.05) is 35.9 Å². The van der Waals surface area contributed by atoms with Crippen molar-refractivity contribution < 1.29 is 8.42 Å². The third-order valence-corrected chi connectivity index (χ3v) is 6.54. The molecule has 1 aromatic rings. The van der Waals surface area contributed by atoms with Crippen LogP contribution < -0.4 is 5.32 Å². The Kier molecular flexibility index (Phi) is 7.33. The minimum atomic E-state index is -3.35. The molecule has 0 aromatic carbocycles. The third kappa shape index (κ3) is 5.36. The maximum Gasteiger partial charge on any atom is 0.243 e. The Morgan fingerprint density at radius 2 is 2.00 bits per heavy atom. The number of nitrogens with one attached hydrogen (secondary N) is 1. The van der Waals surface area contributed by atoms with E-state index in [0.717, 1.165) is 35.6 Å². The van der Waals surface area contributed by atoms with Crippen LogP contribution in [0.1, 0.15) is 49.8 Å². The van der Waals surface area contributed by atoms with Crippen LogP contribution in [0.3, 0.4) is 0 Å². The predicted molar refractivity (Wildman–Crippen MR) is 90.4 cm³/mol. The van der Waals surface area contributed by atoms with Gasteiger partial charge in [-0.2, -0.15) is 0 Å². The molecule has 1 N–H and O–H groups in total. The van der Waals surface area contributed by atoms with E-state index in [4.69, 9.17) is 0 Å². The van der Waals surface area contributed by atoms with E-state index in [9.17, 15) is 8.42 Å². The fourth-order valence-electron chi connectivity index (χ4n) is 2.04. The first kappa shape index (κ1) is 18.6. The number of aryl methyl sites for hydroxylation is 1. The summed E-state index contributed by atoms with van der Waals surface area (Å²) < 4.78 is 26.7. The SMILES string of the molecule is CCCCCN(C)S(=O)(=O)c1cc(CNC(C)C)sc1C. The van der Waals surface area contributed by atoms with Crippen molar-refractivity contribution in [3.63, 3.8) is 0 Å². The van der Waals surface area contributed by atoms with Gasteiger partial charge in [0.2, 0.25) is 10.0 Å². The molecule has 1 aromatic heterocycles. The van der Waals surface area contributed by atoms with Gasteiger partial charge >= 0.3 is 0 Å². The highest BCUT2D eigenvalue weighted by atomic mass is 32.2. The minimum absolute atomic E-state index is 0.393. The van der Waals surface area contributed by atoms with Crippen LogP contribution in [-0.2, 0) is 16.6 Å². The van der Waals surface area contributed by atoms with Crippen LogP contribution in [0, 0.1) is 6.92 Å². The minimum Gasteiger partial charge on any atom is -0.310 e. The van der Waals surface area contributed by atoms with Crippen LogP contribution in [0.4, 0.5) is 0 Å². The van der Waals surface area contributed by atoms with E-state index < -0.39 is 10.0 Å². The number of rotatable bonds is 9. The summed E-state index contributed by atoms with van der Waals surface area (Å²) in [5, 5.41) is 3.33. The van der Waals surface area contributed by atoms with E-state index in [1.165, 1.54) is 4.31 Å². The molecule has 0 amide bonds.